The van der Waals surface area contributed by atoms with Gasteiger partial charge < -0.3 is 4.98 Å². The topological polar surface area (TPSA) is 20.7 Å². The van der Waals surface area contributed by atoms with Crippen molar-refractivity contribution >= 4 is 23.8 Å². The molecular weight excluding hydrogens is 276 g/mol. The first-order chi connectivity index (χ1) is 9.24. The highest BCUT2D eigenvalue weighted by atomic mass is 35.5. The van der Waals surface area contributed by atoms with Crippen LogP contribution in [0.1, 0.15) is 0 Å². The van der Waals surface area contributed by atoms with Crippen LogP contribution in [0.5, 0.6) is 0 Å². The minimum absolute atomic E-state index is 0.654. The molecule has 0 radical (unpaired) electrons. The van der Waals surface area contributed by atoms with Crippen LogP contribution in [0.2, 0.25) is 5.02 Å². The Bertz CT molecular complexity index is 759. The van der Waals surface area contributed by atoms with Crippen molar-refractivity contribution in [2.75, 3.05) is 0 Å². The molecule has 0 spiro atoms. The van der Waals surface area contributed by atoms with Crippen LogP contribution in [-0.2, 0) is 0 Å². The van der Waals surface area contributed by atoms with E-state index in [1.165, 1.54) is 0 Å². The third-order valence-corrected chi connectivity index (χ3v) is 3.42. The van der Waals surface area contributed by atoms with Crippen LogP contribution < -0.4 is 0 Å². The van der Waals surface area contributed by atoms with E-state index >= 15 is 0 Å². The van der Waals surface area contributed by atoms with E-state index in [0.29, 0.717) is 9.79 Å². The number of H-pyrrole nitrogens is 1. The molecule has 94 valence electrons. The predicted octanol–water partition coefficient (Wildman–Crippen LogP) is 4.86. The first kappa shape index (κ1) is 12.2. The minimum atomic E-state index is 0.654. The van der Waals surface area contributed by atoms with Gasteiger partial charge in [0.15, 0.2) is 4.77 Å². The number of benzene rings is 2. The number of nitrogens with zero attached hydrogens (tertiary/aromatic N) is 1. The molecule has 0 aliphatic rings. The molecule has 19 heavy (non-hydrogen) atoms. The first-order valence-corrected chi connectivity index (χ1v) is 6.66. The van der Waals surface area contributed by atoms with Gasteiger partial charge in [0.05, 0.1) is 5.69 Å². The Balaban J connectivity index is 2.10. The second-order valence-corrected chi connectivity index (χ2v) is 5.01. The van der Waals surface area contributed by atoms with Gasteiger partial charge in [-0.15, -0.1) is 0 Å². The highest BCUT2D eigenvalue weighted by Crippen LogP contribution is 2.21. The number of nitrogens with one attached hydrogen (secondary N) is 1. The lowest BCUT2D eigenvalue weighted by molar-refractivity contribution is 1.03. The Morgan fingerprint density at radius 3 is 2.53 bits per heavy atom. The fraction of sp³-hybridized carbons (Fsp3) is 0. The second-order valence-electron chi connectivity index (χ2n) is 4.19. The van der Waals surface area contributed by atoms with Gasteiger partial charge in [0.1, 0.15) is 0 Å². The molecular formula is C15H11ClN2S. The minimum Gasteiger partial charge on any atom is -0.330 e. The van der Waals surface area contributed by atoms with Crippen molar-refractivity contribution in [1.82, 2.24) is 9.55 Å². The van der Waals surface area contributed by atoms with Crippen molar-refractivity contribution < 1.29 is 0 Å². The zero-order valence-electron chi connectivity index (χ0n) is 10.0. The van der Waals surface area contributed by atoms with Gasteiger partial charge in [-0.1, -0.05) is 48.0 Å². The summed E-state index contributed by atoms with van der Waals surface area (Å²) in [5, 5.41) is 0.696. The Morgan fingerprint density at radius 2 is 1.79 bits per heavy atom. The van der Waals surface area contributed by atoms with Gasteiger partial charge in [-0.3, -0.25) is 4.57 Å². The van der Waals surface area contributed by atoms with Gasteiger partial charge in [0.2, 0.25) is 0 Å². The standard InChI is InChI=1S/C15H11ClN2S/c16-12-7-4-8-13(9-12)18-10-14(17-15(18)19)11-5-2-1-3-6-11/h1-10H,(H,17,19). The molecule has 3 aromatic rings. The van der Waals surface area contributed by atoms with Crippen molar-refractivity contribution in [3.8, 4) is 16.9 Å². The van der Waals surface area contributed by atoms with Crippen LogP contribution in [0, 0.1) is 4.77 Å². The molecule has 1 heterocycles. The average Bonchev–Trinajstić information content (AvgIpc) is 2.82. The van der Waals surface area contributed by atoms with Gasteiger partial charge in [-0.25, -0.2) is 0 Å². The van der Waals surface area contributed by atoms with E-state index in [4.69, 9.17) is 23.8 Å². The highest BCUT2D eigenvalue weighted by molar-refractivity contribution is 7.71. The molecule has 1 N–H and O–H groups in total. The van der Waals surface area contributed by atoms with Crippen LogP contribution in [0.3, 0.4) is 0 Å². The van der Waals surface area contributed by atoms with Gasteiger partial charge in [-0.2, -0.15) is 0 Å². The summed E-state index contributed by atoms with van der Waals surface area (Å²) in [6.07, 6.45) is 1.99. The van der Waals surface area contributed by atoms with E-state index in [1.807, 2.05) is 65.4 Å². The lowest BCUT2D eigenvalue weighted by Crippen LogP contribution is -1.91. The maximum absolute atomic E-state index is 6.01. The molecule has 0 aliphatic heterocycles. The Kier molecular flexibility index (Phi) is 3.23. The fourth-order valence-corrected chi connectivity index (χ4v) is 2.43. The van der Waals surface area contributed by atoms with Crippen molar-refractivity contribution in [3.63, 3.8) is 0 Å². The van der Waals surface area contributed by atoms with Crippen molar-refractivity contribution in [1.29, 1.82) is 0 Å². The SMILES string of the molecule is S=c1[nH]c(-c2ccccc2)cn1-c1cccc(Cl)c1. The van der Waals surface area contributed by atoms with E-state index < -0.39 is 0 Å². The Labute approximate surface area is 121 Å². The van der Waals surface area contributed by atoms with Crippen LogP contribution in [0.15, 0.2) is 60.8 Å². The molecule has 0 bridgehead atoms. The monoisotopic (exact) mass is 286 g/mol. The van der Waals surface area contributed by atoms with Crippen molar-refractivity contribution in [3.05, 3.63) is 70.6 Å². The van der Waals surface area contributed by atoms with Crippen LogP contribution in [-0.4, -0.2) is 9.55 Å². The lowest BCUT2D eigenvalue weighted by Gasteiger charge is -2.01. The van der Waals surface area contributed by atoms with Crippen LogP contribution in [0.25, 0.3) is 16.9 Å². The number of hydrogen-bond donors (Lipinski definition) is 1. The zero-order chi connectivity index (χ0) is 13.2. The summed E-state index contributed by atoms with van der Waals surface area (Å²) < 4.78 is 2.57. The predicted molar refractivity (Wildman–Crippen MR) is 81.4 cm³/mol. The zero-order valence-corrected chi connectivity index (χ0v) is 11.6. The average molecular weight is 287 g/mol. The van der Waals surface area contributed by atoms with Crippen LogP contribution >= 0.6 is 23.8 Å². The third-order valence-electron chi connectivity index (χ3n) is 2.89. The molecule has 0 saturated carbocycles. The summed E-state index contributed by atoms with van der Waals surface area (Å²) >= 11 is 11.4. The van der Waals surface area contributed by atoms with Crippen molar-refractivity contribution in [2.24, 2.45) is 0 Å². The summed E-state index contributed by atoms with van der Waals surface area (Å²) in [5.74, 6) is 0. The summed E-state index contributed by atoms with van der Waals surface area (Å²) in [7, 11) is 0. The molecule has 0 saturated heterocycles. The lowest BCUT2D eigenvalue weighted by atomic mass is 10.2. The maximum atomic E-state index is 6.01. The molecule has 1 aromatic heterocycles. The molecule has 0 amide bonds. The summed E-state index contributed by atoms with van der Waals surface area (Å²) in [5.41, 5.74) is 3.05. The summed E-state index contributed by atoms with van der Waals surface area (Å²) in [6.45, 7) is 0. The highest BCUT2D eigenvalue weighted by Gasteiger charge is 2.04. The Hall–Kier alpha value is -1.84. The number of hydrogen-bond acceptors (Lipinski definition) is 1. The van der Waals surface area contributed by atoms with E-state index in [-0.39, 0.29) is 0 Å². The number of rotatable bonds is 2. The summed E-state index contributed by atoms with van der Waals surface area (Å²) in [6, 6.07) is 17.7. The molecule has 0 fully saturated rings. The van der Waals surface area contributed by atoms with E-state index in [1.54, 1.807) is 0 Å². The number of aromatic amines is 1. The quantitative estimate of drug-likeness (QED) is 0.668. The molecule has 0 aliphatic carbocycles. The Morgan fingerprint density at radius 1 is 1.00 bits per heavy atom. The summed E-state index contributed by atoms with van der Waals surface area (Å²) in [4.78, 5) is 3.21. The largest absolute Gasteiger partial charge is 0.330 e. The second kappa shape index (κ2) is 5.03. The van der Waals surface area contributed by atoms with E-state index in [9.17, 15) is 0 Å². The normalized spacial score (nSPS) is 10.6. The molecule has 2 aromatic carbocycles. The smallest absolute Gasteiger partial charge is 0.182 e. The van der Waals surface area contributed by atoms with Crippen LogP contribution in [0.4, 0.5) is 0 Å². The number of halogens is 1. The molecule has 4 heteroatoms. The van der Waals surface area contributed by atoms with Crippen molar-refractivity contribution in [2.45, 2.75) is 0 Å². The first-order valence-electron chi connectivity index (χ1n) is 5.87. The van der Waals surface area contributed by atoms with Gasteiger partial charge in [0.25, 0.3) is 0 Å². The molecule has 2 nitrogen and oxygen atoms in total. The van der Waals surface area contributed by atoms with E-state index in [2.05, 4.69) is 4.98 Å². The number of aromatic nitrogens is 2. The molecule has 3 rings (SSSR count). The third kappa shape index (κ3) is 2.48. The molecule has 0 unspecified atom stereocenters. The maximum Gasteiger partial charge on any atom is 0.182 e. The van der Waals surface area contributed by atoms with Gasteiger partial charge in [0, 0.05) is 16.9 Å². The van der Waals surface area contributed by atoms with E-state index in [0.717, 1.165) is 16.9 Å². The number of imidazole rings is 1. The molecule has 0 atom stereocenters. The van der Waals surface area contributed by atoms with Gasteiger partial charge >= 0.3 is 0 Å². The fourth-order valence-electron chi connectivity index (χ4n) is 1.98. The van der Waals surface area contributed by atoms with Gasteiger partial charge in [-0.05, 0) is 36.0 Å².